The summed E-state index contributed by atoms with van der Waals surface area (Å²) in [5, 5.41) is 2.38. The molecule has 0 aliphatic carbocycles. The Bertz CT molecular complexity index is 701. The van der Waals surface area contributed by atoms with Crippen molar-refractivity contribution < 1.29 is 18.0 Å². The second-order valence-electron chi connectivity index (χ2n) is 5.32. The lowest BCUT2D eigenvalue weighted by atomic mass is 10.0. The fourth-order valence-electron chi connectivity index (χ4n) is 2.29. The summed E-state index contributed by atoms with van der Waals surface area (Å²) in [5.74, 6) is -3.33. The van der Waals surface area contributed by atoms with Crippen LogP contribution < -0.4 is 5.32 Å². The highest BCUT2D eigenvalue weighted by atomic mass is 19.2. The minimum Gasteiger partial charge on any atom is -0.322 e. The molecule has 1 amide bonds. The van der Waals surface area contributed by atoms with Gasteiger partial charge in [0.2, 0.25) is 0 Å². The summed E-state index contributed by atoms with van der Waals surface area (Å²) in [7, 11) is 0. The molecule has 2 aromatic carbocycles. The van der Waals surface area contributed by atoms with Crippen molar-refractivity contribution in [2.24, 2.45) is 0 Å². The third-order valence-corrected chi connectivity index (χ3v) is 3.55. The molecule has 23 heavy (non-hydrogen) atoms. The van der Waals surface area contributed by atoms with Crippen molar-refractivity contribution in [2.45, 2.75) is 32.6 Å². The molecule has 5 heteroatoms. The van der Waals surface area contributed by atoms with E-state index in [0.29, 0.717) is 12.0 Å². The van der Waals surface area contributed by atoms with E-state index in [2.05, 4.69) is 12.2 Å². The van der Waals surface area contributed by atoms with E-state index >= 15 is 0 Å². The second kappa shape index (κ2) is 7.81. The van der Waals surface area contributed by atoms with Gasteiger partial charge in [0, 0.05) is 11.8 Å². The third kappa shape index (κ3) is 4.34. The van der Waals surface area contributed by atoms with Crippen molar-refractivity contribution in [3.63, 3.8) is 0 Å². The normalized spacial score (nSPS) is 10.6. The lowest BCUT2D eigenvalue weighted by Crippen LogP contribution is -2.15. The Balaban J connectivity index is 2.15. The van der Waals surface area contributed by atoms with Gasteiger partial charge in [-0.1, -0.05) is 31.9 Å². The van der Waals surface area contributed by atoms with Gasteiger partial charge < -0.3 is 5.32 Å². The van der Waals surface area contributed by atoms with Gasteiger partial charge in [0.1, 0.15) is 5.82 Å². The predicted octanol–water partition coefficient (Wildman–Crippen LogP) is 5.09. The molecule has 0 unspecified atom stereocenters. The number of hydrogen-bond donors (Lipinski definition) is 1. The average Bonchev–Trinajstić information content (AvgIpc) is 2.52. The van der Waals surface area contributed by atoms with Crippen LogP contribution in [0.1, 0.15) is 42.1 Å². The van der Waals surface area contributed by atoms with Gasteiger partial charge in [0.05, 0.1) is 5.56 Å². The molecule has 0 aliphatic heterocycles. The Morgan fingerprint density at radius 3 is 2.52 bits per heavy atom. The van der Waals surface area contributed by atoms with E-state index in [-0.39, 0.29) is 11.3 Å². The van der Waals surface area contributed by atoms with Crippen molar-refractivity contribution >= 4 is 11.6 Å². The number of halogens is 3. The van der Waals surface area contributed by atoms with E-state index in [0.717, 1.165) is 31.4 Å². The van der Waals surface area contributed by atoms with Gasteiger partial charge in [-0.15, -0.1) is 0 Å². The number of amides is 1. The van der Waals surface area contributed by atoms with Gasteiger partial charge in [-0.3, -0.25) is 4.79 Å². The zero-order valence-corrected chi connectivity index (χ0v) is 12.8. The molecule has 0 aromatic heterocycles. The number of unbranched alkanes of at least 4 members (excludes halogenated alkanes) is 2. The maximum atomic E-state index is 14.4. The van der Waals surface area contributed by atoms with Crippen molar-refractivity contribution in [3.05, 3.63) is 65.0 Å². The zero-order chi connectivity index (χ0) is 16.8. The molecule has 0 saturated heterocycles. The van der Waals surface area contributed by atoms with E-state index in [1.807, 2.05) is 0 Å². The molecular weight excluding hydrogens is 303 g/mol. The van der Waals surface area contributed by atoms with Crippen LogP contribution in [0.4, 0.5) is 18.9 Å². The molecule has 0 atom stereocenters. The first-order valence-electron chi connectivity index (χ1n) is 7.56. The van der Waals surface area contributed by atoms with Crippen molar-refractivity contribution in [1.29, 1.82) is 0 Å². The van der Waals surface area contributed by atoms with E-state index < -0.39 is 23.4 Å². The Hall–Kier alpha value is -2.30. The molecule has 0 heterocycles. The quantitative estimate of drug-likeness (QED) is 0.738. The van der Waals surface area contributed by atoms with E-state index in [9.17, 15) is 18.0 Å². The number of anilines is 1. The molecule has 2 aromatic rings. The van der Waals surface area contributed by atoms with E-state index in [1.165, 1.54) is 12.1 Å². The van der Waals surface area contributed by atoms with Gasteiger partial charge in [0.25, 0.3) is 5.91 Å². The summed E-state index contributed by atoms with van der Waals surface area (Å²) in [6.45, 7) is 2.06. The number of nitrogens with one attached hydrogen (secondary N) is 1. The van der Waals surface area contributed by atoms with Crippen molar-refractivity contribution in [3.8, 4) is 0 Å². The van der Waals surface area contributed by atoms with E-state index in [1.54, 1.807) is 12.1 Å². The molecule has 0 aliphatic rings. The minimum atomic E-state index is -1.07. The highest BCUT2D eigenvalue weighted by Gasteiger charge is 2.15. The van der Waals surface area contributed by atoms with Crippen molar-refractivity contribution in [1.82, 2.24) is 0 Å². The topological polar surface area (TPSA) is 29.1 Å². The van der Waals surface area contributed by atoms with Gasteiger partial charge in [-0.05, 0) is 36.6 Å². The monoisotopic (exact) mass is 321 g/mol. The first-order chi connectivity index (χ1) is 11.0. The fraction of sp³-hybridized carbons (Fsp3) is 0.278. The lowest BCUT2D eigenvalue weighted by molar-refractivity contribution is 0.102. The van der Waals surface area contributed by atoms with Crippen LogP contribution in [0.3, 0.4) is 0 Å². The predicted molar refractivity (Wildman–Crippen MR) is 83.9 cm³/mol. The van der Waals surface area contributed by atoms with Crippen LogP contribution in [0.5, 0.6) is 0 Å². The van der Waals surface area contributed by atoms with Gasteiger partial charge in [-0.25, -0.2) is 13.2 Å². The highest BCUT2D eigenvalue weighted by molar-refractivity contribution is 6.04. The Morgan fingerprint density at radius 1 is 1.04 bits per heavy atom. The smallest absolute Gasteiger partial charge is 0.258 e. The summed E-state index contributed by atoms with van der Waals surface area (Å²) in [5.41, 5.74) is 0.449. The van der Waals surface area contributed by atoms with Gasteiger partial charge in [0.15, 0.2) is 11.6 Å². The minimum absolute atomic E-state index is 0.0738. The summed E-state index contributed by atoms with van der Waals surface area (Å²) in [6.07, 6.45) is 3.43. The maximum absolute atomic E-state index is 14.4. The Kier molecular flexibility index (Phi) is 5.79. The Labute approximate surface area is 133 Å². The van der Waals surface area contributed by atoms with Crippen molar-refractivity contribution in [2.75, 3.05) is 5.32 Å². The standard InChI is InChI=1S/C18H18F3NO/c1-2-3-4-6-12-7-5-8-14(17(12)21)18(23)22-13-9-10-15(19)16(20)11-13/h5,7-11H,2-4,6H2,1H3,(H,22,23). The molecule has 0 bridgehead atoms. The maximum Gasteiger partial charge on any atom is 0.258 e. The first-order valence-corrected chi connectivity index (χ1v) is 7.56. The van der Waals surface area contributed by atoms with Gasteiger partial charge >= 0.3 is 0 Å². The fourth-order valence-corrected chi connectivity index (χ4v) is 2.29. The SMILES string of the molecule is CCCCCc1cccc(C(=O)Nc2ccc(F)c(F)c2)c1F. The van der Waals surface area contributed by atoms with Crippen LogP contribution in [-0.2, 0) is 6.42 Å². The second-order valence-corrected chi connectivity index (χ2v) is 5.32. The third-order valence-electron chi connectivity index (χ3n) is 3.55. The average molecular weight is 321 g/mol. The summed E-state index contributed by atoms with van der Waals surface area (Å²) in [4.78, 5) is 12.1. The molecule has 0 spiro atoms. The number of benzene rings is 2. The molecule has 2 rings (SSSR count). The highest BCUT2D eigenvalue weighted by Crippen LogP contribution is 2.19. The number of hydrogen-bond acceptors (Lipinski definition) is 1. The van der Waals surface area contributed by atoms with E-state index in [4.69, 9.17) is 0 Å². The molecule has 0 saturated carbocycles. The van der Waals surface area contributed by atoms with Crippen LogP contribution in [0.15, 0.2) is 36.4 Å². The largest absolute Gasteiger partial charge is 0.322 e. The molecule has 0 radical (unpaired) electrons. The Morgan fingerprint density at radius 2 is 1.83 bits per heavy atom. The number of rotatable bonds is 6. The molecular formula is C18H18F3NO. The molecule has 0 fully saturated rings. The van der Waals surface area contributed by atoms with Crippen LogP contribution in [0.2, 0.25) is 0 Å². The molecule has 1 N–H and O–H groups in total. The number of carbonyl (C=O) groups excluding carboxylic acids is 1. The summed E-state index contributed by atoms with van der Waals surface area (Å²) < 4.78 is 40.4. The lowest BCUT2D eigenvalue weighted by Gasteiger charge is -2.09. The van der Waals surface area contributed by atoms with Crippen LogP contribution in [-0.4, -0.2) is 5.91 Å². The summed E-state index contributed by atoms with van der Waals surface area (Å²) >= 11 is 0. The number of aryl methyl sites for hydroxylation is 1. The van der Waals surface area contributed by atoms with Crippen LogP contribution in [0.25, 0.3) is 0 Å². The van der Waals surface area contributed by atoms with Crippen LogP contribution >= 0.6 is 0 Å². The molecule has 122 valence electrons. The van der Waals surface area contributed by atoms with Crippen LogP contribution in [0, 0.1) is 17.5 Å². The first kappa shape index (κ1) is 17.1. The van der Waals surface area contributed by atoms with Gasteiger partial charge in [-0.2, -0.15) is 0 Å². The molecule has 2 nitrogen and oxygen atoms in total. The summed E-state index contributed by atoms with van der Waals surface area (Å²) in [6, 6.07) is 7.62. The zero-order valence-electron chi connectivity index (χ0n) is 12.8. The number of carbonyl (C=O) groups is 1.